The standard InChI is InChI=1S/C13H12BrF2NO3S/c1-7(18)21-9-5-12(19)17(6-9)10-3-2-8(14)4-11(10)20-13(15)16/h2-4,9,13H,5-6H2,1H3. The Morgan fingerprint density at radius 1 is 1.52 bits per heavy atom. The fourth-order valence-corrected chi connectivity index (χ4v) is 3.38. The SMILES string of the molecule is CC(=O)SC1CC(=O)N(c2ccc(Br)cc2OC(F)F)C1. The van der Waals surface area contributed by atoms with Gasteiger partial charge in [0.15, 0.2) is 10.9 Å². The van der Waals surface area contributed by atoms with Gasteiger partial charge in [-0.3, -0.25) is 9.59 Å². The van der Waals surface area contributed by atoms with E-state index < -0.39 is 6.61 Å². The van der Waals surface area contributed by atoms with Crippen LogP contribution in [0.3, 0.4) is 0 Å². The fraction of sp³-hybridized carbons (Fsp3) is 0.385. The topological polar surface area (TPSA) is 46.6 Å². The maximum Gasteiger partial charge on any atom is 0.387 e. The number of thioether (sulfide) groups is 1. The lowest BCUT2D eigenvalue weighted by Crippen LogP contribution is -2.26. The van der Waals surface area contributed by atoms with Crippen LogP contribution in [0.2, 0.25) is 0 Å². The molecule has 1 unspecified atom stereocenters. The quantitative estimate of drug-likeness (QED) is 0.803. The van der Waals surface area contributed by atoms with Crippen LogP contribution in [0.5, 0.6) is 5.75 Å². The molecule has 8 heteroatoms. The second-order valence-corrected chi connectivity index (χ2v) is 6.82. The molecule has 0 radical (unpaired) electrons. The van der Waals surface area contributed by atoms with Gasteiger partial charge in [-0.2, -0.15) is 8.78 Å². The maximum absolute atomic E-state index is 12.5. The predicted molar refractivity (Wildman–Crippen MR) is 79.8 cm³/mol. The molecule has 1 aromatic carbocycles. The number of carbonyl (C=O) groups excluding carboxylic acids is 2. The highest BCUT2D eigenvalue weighted by Crippen LogP contribution is 2.37. The van der Waals surface area contributed by atoms with Crippen LogP contribution >= 0.6 is 27.7 Å². The molecule has 1 atom stereocenters. The van der Waals surface area contributed by atoms with Crippen molar-refractivity contribution in [2.24, 2.45) is 0 Å². The van der Waals surface area contributed by atoms with Gasteiger partial charge in [0.2, 0.25) is 5.91 Å². The molecule has 114 valence electrons. The highest BCUT2D eigenvalue weighted by Gasteiger charge is 2.33. The zero-order valence-corrected chi connectivity index (χ0v) is 13.4. The number of hydrogen-bond donors (Lipinski definition) is 0. The summed E-state index contributed by atoms with van der Waals surface area (Å²) in [6, 6.07) is 4.58. The smallest absolute Gasteiger partial charge is 0.387 e. The summed E-state index contributed by atoms with van der Waals surface area (Å²) in [6.45, 7) is -1.24. The molecular formula is C13H12BrF2NO3S. The number of carbonyl (C=O) groups is 2. The second kappa shape index (κ2) is 6.74. The van der Waals surface area contributed by atoms with Crippen LogP contribution in [0.4, 0.5) is 14.5 Å². The van der Waals surface area contributed by atoms with E-state index in [1.165, 1.54) is 17.9 Å². The molecule has 0 spiro atoms. The van der Waals surface area contributed by atoms with E-state index in [1.807, 2.05) is 0 Å². The van der Waals surface area contributed by atoms with E-state index in [0.29, 0.717) is 11.0 Å². The Morgan fingerprint density at radius 3 is 2.86 bits per heavy atom. The van der Waals surface area contributed by atoms with Gasteiger partial charge < -0.3 is 9.64 Å². The number of rotatable bonds is 4. The Morgan fingerprint density at radius 2 is 2.24 bits per heavy atom. The summed E-state index contributed by atoms with van der Waals surface area (Å²) >= 11 is 4.26. The average Bonchev–Trinajstić information content (AvgIpc) is 2.68. The first-order valence-electron chi connectivity index (χ1n) is 6.08. The van der Waals surface area contributed by atoms with E-state index in [0.717, 1.165) is 11.8 Å². The van der Waals surface area contributed by atoms with Gasteiger partial charge in [-0.15, -0.1) is 0 Å². The van der Waals surface area contributed by atoms with Gasteiger partial charge in [-0.1, -0.05) is 27.7 Å². The van der Waals surface area contributed by atoms with Gasteiger partial charge in [0.25, 0.3) is 0 Å². The Balaban J connectivity index is 2.25. The van der Waals surface area contributed by atoms with Crippen LogP contribution in [0.1, 0.15) is 13.3 Å². The number of halogens is 3. The first-order chi connectivity index (χ1) is 9.86. The number of benzene rings is 1. The molecule has 4 nitrogen and oxygen atoms in total. The predicted octanol–water partition coefficient (Wildman–Crippen LogP) is 3.44. The van der Waals surface area contributed by atoms with E-state index in [1.54, 1.807) is 12.1 Å². The molecular weight excluding hydrogens is 368 g/mol. The van der Waals surface area contributed by atoms with Crippen LogP contribution in [0, 0.1) is 0 Å². The summed E-state index contributed by atoms with van der Waals surface area (Å²) in [7, 11) is 0. The van der Waals surface area contributed by atoms with E-state index in [9.17, 15) is 18.4 Å². The highest BCUT2D eigenvalue weighted by atomic mass is 79.9. The van der Waals surface area contributed by atoms with Crippen molar-refractivity contribution < 1.29 is 23.1 Å². The molecule has 1 aliphatic heterocycles. The summed E-state index contributed by atoms with van der Waals surface area (Å²) in [4.78, 5) is 24.5. The van der Waals surface area contributed by atoms with Crippen molar-refractivity contribution in [2.75, 3.05) is 11.4 Å². The Labute approximate surface area is 132 Å². The molecule has 1 amide bonds. The van der Waals surface area contributed by atoms with Gasteiger partial charge in [0.1, 0.15) is 0 Å². The van der Waals surface area contributed by atoms with Crippen LogP contribution in [-0.4, -0.2) is 29.4 Å². The van der Waals surface area contributed by atoms with Crippen LogP contribution in [0.25, 0.3) is 0 Å². The summed E-state index contributed by atoms with van der Waals surface area (Å²) in [6.07, 6.45) is 0.203. The van der Waals surface area contributed by atoms with Crippen molar-refractivity contribution in [3.05, 3.63) is 22.7 Å². The Hall–Kier alpha value is -1.15. The molecule has 1 heterocycles. The number of amides is 1. The van der Waals surface area contributed by atoms with Crippen molar-refractivity contribution in [2.45, 2.75) is 25.2 Å². The van der Waals surface area contributed by atoms with Crippen molar-refractivity contribution in [3.8, 4) is 5.75 Å². The monoisotopic (exact) mass is 379 g/mol. The summed E-state index contributed by atoms with van der Waals surface area (Å²) in [5.74, 6) is -0.281. The van der Waals surface area contributed by atoms with Gasteiger partial charge in [-0.25, -0.2) is 0 Å². The first-order valence-corrected chi connectivity index (χ1v) is 7.76. The van der Waals surface area contributed by atoms with Crippen molar-refractivity contribution in [1.82, 2.24) is 0 Å². The number of nitrogens with zero attached hydrogens (tertiary/aromatic N) is 1. The zero-order valence-electron chi connectivity index (χ0n) is 11.0. The number of alkyl halides is 2. The summed E-state index contributed by atoms with van der Waals surface area (Å²) < 4.78 is 30.0. The summed E-state index contributed by atoms with van der Waals surface area (Å²) in [5, 5.41) is -0.243. The number of anilines is 1. The van der Waals surface area contributed by atoms with Crippen LogP contribution in [0.15, 0.2) is 22.7 Å². The molecule has 2 rings (SSSR count). The minimum Gasteiger partial charge on any atom is -0.433 e. The largest absolute Gasteiger partial charge is 0.433 e. The lowest BCUT2D eigenvalue weighted by Gasteiger charge is -2.20. The first kappa shape index (κ1) is 16.2. The second-order valence-electron chi connectivity index (χ2n) is 4.43. The fourth-order valence-electron chi connectivity index (χ4n) is 2.12. The molecule has 0 bridgehead atoms. The van der Waals surface area contributed by atoms with Gasteiger partial charge in [0, 0.05) is 29.6 Å². The normalized spacial score (nSPS) is 18.4. The van der Waals surface area contributed by atoms with Crippen molar-refractivity contribution in [1.29, 1.82) is 0 Å². The van der Waals surface area contributed by atoms with Gasteiger partial charge in [-0.05, 0) is 18.2 Å². The maximum atomic E-state index is 12.5. The van der Waals surface area contributed by atoms with E-state index >= 15 is 0 Å². The van der Waals surface area contributed by atoms with Crippen LogP contribution in [-0.2, 0) is 9.59 Å². The van der Waals surface area contributed by atoms with Crippen molar-refractivity contribution >= 4 is 44.4 Å². The molecule has 0 saturated carbocycles. The number of hydrogen-bond acceptors (Lipinski definition) is 4. The third-order valence-corrected chi connectivity index (χ3v) is 4.33. The minimum atomic E-state index is -2.97. The average molecular weight is 380 g/mol. The highest BCUT2D eigenvalue weighted by molar-refractivity contribution is 9.10. The zero-order chi connectivity index (χ0) is 15.6. The Bertz CT molecular complexity index is 570. The lowest BCUT2D eigenvalue weighted by atomic mass is 10.2. The van der Waals surface area contributed by atoms with Crippen LogP contribution < -0.4 is 9.64 Å². The lowest BCUT2D eigenvalue weighted by molar-refractivity contribution is -0.117. The third-order valence-electron chi connectivity index (χ3n) is 2.85. The van der Waals surface area contributed by atoms with Gasteiger partial charge >= 0.3 is 6.61 Å². The molecule has 1 fully saturated rings. The van der Waals surface area contributed by atoms with E-state index in [4.69, 9.17) is 0 Å². The molecule has 0 aromatic heterocycles. The van der Waals surface area contributed by atoms with E-state index in [2.05, 4.69) is 20.7 Å². The molecule has 0 N–H and O–H groups in total. The number of ether oxygens (including phenoxy) is 1. The molecule has 21 heavy (non-hydrogen) atoms. The van der Waals surface area contributed by atoms with Crippen molar-refractivity contribution in [3.63, 3.8) is 0 Å². The van der Waals surface area contributed by atoms with E-state index in [-0.39, 0.29) is 34.1 Å². The molecule has 1 saturated heterocycles. The molecule has 1 aliphatic rings. The Kier molecular flexibility index (Phi) is 5.21. The minimum absolute atomic E-state index is 0.0683. The molecule has 1 aromatic rings. The third kappa shape index (κ3) is 4.16. The summed E-state index contributed by atoms with van der Waals surface area (Å²) in [5.41, 5.74) is 0.287. The van der Waals surface area contributed by atoms with Gasteiger partial charge in [0.05, 0.1) is 5.69 Å². The molecule has 0 aliphatic carbocycles.